The van der Waals surface area contributed by atoms with Crippen molar-refractivity contribution in [2.24, 2.45) is 0 Å². The highest BCUT2D eigenvalue weighted by Gasteiger charge is 2.13. The Labute approximate surface area is 126 Å². The van der Waals surface area contributed by atoms with Crippen molar-refractivity contribution < 1.29 is 9.13 Å². The summed E-state index contributed by atoms with van der Waals surface area (Å²) < 4.78 is 18.9. The van der Waals surface area contributed by atoms with Crippen molar-refractivity contribution in [1.29, 1.82) is 0 Å². The van der Waals surface area contributed by atoms with Crippen molar-refractivity contribution in [3.63, 3.8) is 0 Å². The van der Waals surface area contributed by atoms with Gasteiger partial charge < -0.3 is 10.1 Å². The minimum atomic E-state index is -0.113. The topological polar surface area (TPSA) is 21.3 Å². The molecule has 2 rings (SSSR count). The first-order valence-electron chi connectivity index (χ1n) is 7.12. The summed E-state index contributed by atoms with van der Waals surface area (Å²) in [5.41, 5.74) is 3.72. The SMILES string of the molecule is CNC(Cc1ccc(OC)cc1)c1cc(C)c(F)c(C)c1. The van der Waals surface area contributed by atoms with E-state index in [4.69, 9.17) is 4.74 Å². The van der Waals surface area contributed by atoms with Crippen LogP contribution in [0.1, 0.15) is 28.3 Å². The maximum atomic E-state index is 13.8. The normalized spacial score (nSPS) is 12.2. The Balaban J connectivity index is 2.23. The molecule has 1 unspecified atom stereocenters. The number of hydrogen-bond donors (Lipinski definition) is 1. The van der Waals surface area contributed by atoms with Crippen LogP contribution in [0.2, 0.25) is 0 Å². The third-order valence-corrected chi connectivity index (χ3v) is 3.81. The van der Waals surface area contributed by atoms with Crippen LogP contribution in [-0.2, 0) is 6.42 Å². The van der Waals surface area contributed by atoms with Crippen molar-refractivity contribution in [3.05, 3.63) is 64.5 Å². The molecule has 0 aliphatic rings. The Morgan fingerprint density at radius 1 is 1.10 bits per heavy atom. The van der Waals surface area contributed by atoms with E-state index in [1.807, 2.05) is 45.2 Å². The van der Waals surface area contributed by atoms with E-state index >= 15 is 0 Å². The van der Waals surface area contributed by atoms with Crippen molar-refractivity contribution in [2.45, 2.75) is 26.3 Å². The van der Waals surface area contributed by atoms with Gasteiger partial charge in [0.1, 0.15) is 11.6 Å². The molecule has 0 saturated carbocycles. The summed E-state index contributed by atoms with van der Waals surface area (Å²) in [5, 5.41) is 3.32. The van der Waals surface area contributed by atoms with E-state index in [1.165, 1.54) is 5.56 Å². The zero-order valence-electron chi connectivity index (χ0n) is 13.0. The van der Waals surface area contributed by atoms with Gasteiger partial charge in [0.2, 0.25) is 0 Å². The van der Waals surface area contributed by atoms with Crippen LogP contribution in [0.5, 0.6) is 5.75 Å². The molecule has 0 aliphatic heterocycles. The van der Waals surface area contributed by atoms with E-state index in [-0.39, 0.29) is 11.9 Å². The molecule has 2 aromatic carbocycles. The summed E-state index contributed by atoms with van der Waals surface area (Å²) in [6.45, 7) is 3.62. The van der Waals surface area contributed by atoms with Crippen LogP contribution in [0, 0.1) is 19.7 Å². The number of aryl methyl sites for hydroxylation is 2. The third kappa shape index (κ3) is 3.61. The van der Waals surface area contributed by atoms with Crippen molar-refractivity contribution in [2.75, 3.05) is 14.2 Å². The van der Waals surface area contributed by atoms with Crippen molar-refractivity contribution in [3.8, 4) is 5.75 Å². The molecule has 0 aromatic heterocycles. The van der Waals surface area contributed by atoms with Crippen LogP contribution in [0.15, 0.2) is 36.4 Å². The summed E-state index contributed by atoms with van der Waals surface area (Å²) >= 11 is 0. The van der Waals surface area contributed by atoms with Gasteiger partial charge in [-0.3, -0.25) is 0 Å². The van der Waals surface area contributed by atoms with Crippen LogP contribution >= 0.6 is 0 Å². The molecule has 0 fully saturated rings. The lowest BCUT2D eigenvalue weighted by atomic mass is 9.95. The van der Waals surface area contributed by atoms with Crippen LogP contribution in [0.3, 0.4) is 0 Å². The van der Waals surface area contributed by atoms with Gasteiger partial charge in [-0.05, 0) is 61.7 Å². The third-order valence-electron chi connectivity index (χ3n) is 3.81. The van der Waals surface area contributed by atoms with Gasteiger partial charge in [0.05, 0.1) is 7.11 Å². The Morgan fingerprint density at radius 2 is 1.67 bits per heavy atom. The first kappa shape index (κ1) is 15.5. The molecular weight excluding hydrogens is 265 g/mol. The van der Waals surface area contributed by atoms with Gasteiger partial charge in [-0.15, -0.1) is 0 Å². The molecule has 3 heteroatoms. The molecule has 0 amide bonds. The first-order chi connectivity index (χ1) is 10.0. The lowest BCUT2D eigenvalue weighted by molar-refractivity contribution is 0.414. The average Bonchev–Trinajstić information content (AvgIpc) is 2.50. The van der Waals surface area contributed by atoms with Gasteiger partial charge >= 0.3 is 0 Å². The van der Waals surface area contributed by atoms with Crippen LogP contribution in [0.4, 0.5) is 4.39 Å². The molecule has 2 nitrogen and oxygen atoms in total. The Bertz CT molecular complexity index is 584. The predicted octanol–water partition coefficient (Wildman–Crippen LogP) is 3.95. The number of hydrogen-bond acceptors (Lipinski definition) is 2. The summed E-state index contributed by atoms with van der Waals surface area (Å²) in [4.78, 5) is 0. The van der Waals surface area contributed by atoms with Crippen LogP contribution in [0.25, 0.3) is 0 Å². The molecule has 0 radical (unpaired) electrons. The number of benzene rings is 2. The molecule has 1 N–H and O–H groups in total. The highest BCUT2D eigenvalue weighted by atomic mass is 19.1. The number of methoxy groups -OCH3 is 1. The highest BCUT2D eigenvalue weighted by molar-refractivity contribution is 5.34. The second-order valence-electron chi connectivity index (χ2n) is 5.36. The lowest BCUT2D eigenvalue weighted by Gasteiger charge is -2.19. The van der Waals surface area contributed by atoms with E-state index < -0.39 is 0 Å². The first-order valence-corrected chi connectivity index (χ1v) is 7.12. The fourth-order valence-corrected chi connectivity index (χ4v) is 2.56. The molecule has 0 saturated heterocycles. The minimum Gasteiger partial charge on any atom is -0.497 e. The van der Waals surface area contributed by atoms with Gasteiger partial charge in [-0.25, -0.2) is 4.39 Å². The van der Waals surface area contributed by atoms with Gasteiger partial charge in [0, 0.05) is 6.04 Å². The molecule has 112 valence electrons. The van der Waals surface area contributed by atoms with E-state index in [2.05, 4.69) is 17.4 Å². The van der Waals surface area contributed by atoms with E-state index in [0.29, 0.717) is 11.1 Å². The van der Waals surface area contributed by atoms with E-state index in [1.54, 1.807) is 7.11 Å². The van der Waals surface area contributed by atoms with Crippen molar-refractivity contribution in [1.82, 2.24) is 5.32 Å². The summed E-state index contributed by atoms with van der Waals surface area (Å²) in [7, 11) is 3.59. The summed E-state index contributed by atoms with van der Waals surface area (Å²) in [5.74, 6) is 0.742. The monoisotopic (exact) mass is 287 g/mol. The van der Waals surface area contributed by atoms with Crippen LogP contribution in [-0.4, -0.2) is 14.2 Å². The molecule has 0 aliphatic carbocycles. The summed E-state index contributed by atoms with van der Waals surface area (Å²) in [6.07, 6.45) is 0.852. The molecule has 0 spiro atoms. The minimum absolute atomic E-state index is 0.113. The Morgan fingerprint density at radius 3 is 2.14 bits per heavy atom. The molecule has 2 aromatic rings. The standard InChI is InChI=1S/C18H22FNO/c1-12-9-15(10-13(2)18(12)19)17(20-3)11-14-5-7-16(21-4)8-6-14/h5-10,17,20H,11H2,1-4H3. The Hall–Kier alpha value is -1.87. The molecule has 21 heavy (non-hydrogen) atoms. The fraction of sp³-hybridized carbons (Fsp3) is 0.333. The zero-order chi connectivity index (χ0) is 15.4. The molecule has 1 atom stereocenters. The van der Waals surface area contributed by atoms with Crippen LogP contribution < -0.4 is 10.1 Å². The number of nitrogens with one attached hydrogen (secondary N) is 1. The molecule has 0 heterocycles. The maximum absolute atomic E-state index is 13.8. The molecule has 0 bridgehead atoms. The predicted molar refractivity (Wildman–Crippen MR) is 84.4 cm³/mol. The summed E-state index contributed by atoms with van der Waals surface area (Å²) in [6, 6.07) is 12.1. The number of rotatable bonds is 5. The number of ether oxygens (including phenoxy) is 1. The highest BCUT2D eigenvalue weighted by Crippen LogP contribution is 2.24. The lowest BCUT2D eigenvalue weighted by Crippen LogP contribution is -2.19. The number of halogens is 1. The second-order valence-corrected chi connectivity index (χ2v) is 5.36. The van der Waals surface area contributed by atoms with E-state index in [9.17, 15) is 4.39 Å². The largest absolute Gasteiger partial charge is 0.497 e. The maximum Gasteiger partial charge on any atom is 0.129 e. The smallest absolute Gasteiger partial charge is 0.129 e. The molecular formula is C18H22FNO. The van der Waals surface area contributed by atoms with Crippen molar-refractivity contribution >= 4 is 0 Å². The fourth-order valence-electron chi connectivity index (χ4n) is 2.56. The van der Waals surface area contributed by atoms with Gasteiger partial charge in [0.25, 0.3) is 0 Å². The quantitative estimate of drug-likeness (QED) is 0.899. The van der Waals surface area contributed by atoms with Gasteiger partial charge in [-0.1, -0.05) is 24.3 Å². The number of likely N-dealkylation sites (N-methyl/N-ethyl adjacent to an activating group) is 1. The Kier molecular flexibility index (Phi) is 4.97. The van der Waals surface area contributed by atoms with Gasteiger partial charge in [0.15, 0.2) is 0 Å². The van der Waals surface area contributed by atoms with Gasteiger partial charge in [-0.2, -0.15) is 0 Å². The second kappa shape index (κ2) is 6.72. The van der Waals surface area contributed by atoms with E-state index in [0.717, 1.165) is 17.7 Å². The zero-order valence-corrected chi connectivity index (χ0v) is 13.0. The average molecular weight is 287 g/mol.